The number of hydrogen-bond acceptors (Lipinski definition) is 1. The summed E-state index contributed by atoms with van der Waals surface area (Å²) < 4.78 is 27.2. The number of amides is 1. The molecule has 0 fully saturated rings. The summed E-state index contributed by atoms with van der Waals surface area (Å²) in [6.45, 7) is 0.408. The van der Waals surface area contributed by atoms with E-state index in [2.05, 4.69) is 10.3 Å². The molecule has 0 aliphatic carbocycles. The largest absolute Gasteiger partial charge is 0.359 e. The van der Waals surface area contributed by atoms with Gasteiger partial charge in [-0.2, -0.15) is 0 Å². The first-order valence-electron chi connectivity index (χ1n) is 9.56. The van der Waals surface area contributed by atoms with E-state index in [1.165, 1.54) is 18.2 Å². The molecular weight excluding hydrogens is 406 g/mol. The van der Waals surface area contributed by atoms with Gasteiger partial charge in [-0.15, -0.1) is 0 Å². The highest BCUT2D eigenvalue weighted by Crippen LogP contribution is 2.25. The van der Waals surface area contributed by atoms with Crippen molar-refractivity contribution in [2.75, 3.05) is 6.54 Å². The van der Waals surface area contributed by atoms with Gasteiger partial charge in [0.2, 0.25) is 0 Å². The number of aromatic nitrogens is 1. The summed E-state index contributed by atoms with van der Waals surface area (Å²) in [6, 6.07) is 16.7. The molecule has 4 rings (SSSR count). The van der Waals surface area contributed by atoms with Crippen LogP contribution in [0.1, 0.15) is 27.0 Å². The molecule has 0 aliphatic heterocycles. The van der Waals surface area contributed by atoms with Crippen molar-refractivity contribution < 1.29 is 13.6 Å². The van der Waals surface area contributed by atoms with Crippen molar-refractivity contribution in [1.82, 2.24) is 10.3 Å². The average Bonchev–Trinajstić information content (AvgIpc) is 3.11. The van der Waals surface area contributed by atoms with Gasteiger partial charge in [-0.1, -0.05) is 35.9 Å². The molecule has 0 radical (unpaired) electrons. The zero-order chi connectivity index (χ0) is 21.1. The molecule has 1 amide bonds. The maximum absolute atomic E-state index is 13.9. The first kappa shape index (κ1) is 20.1. The van der Waals surface area contributed by atoms with Gasteiger partial charge in [0.25, 0.3) is 5.91 Å². The Morgan fingerprint density at radius 1 is 1.00 bits per heavy atom. The first-order chi connectivity index (χ1) is 14.5. The monoisotopic (exact) mass is 424 g/mol. The van der Waals surface area contributed by atoms with E-state index in [0.29, 0.717) is 35.5 Å². The van der Waals surface area contributed by atoms with E-state index >= 15 is 0 Å². The van der Waals surface area contributed by atoms with Gasteiger partial charge in [-0.3, -0.25) is 4.79 Å². The third-order valence-electron chi connectivity index (χ3n) is 4.98. The molecule has 1 heterocycles. The number of carbonyl (C=O) groups excluding carboxylic acids is 1. The molecule has 6 heteroatoms. The van der Waals surface area contributed by atoms with Crippen molar-refractivity contribution in [3.63, 3.8) is 0 Å². The Bertz CT molecular complexity index is 1200. The number of fused-ring (bicyclic) bond motifs is 1. The number of carbonyl (C=O) groups is 1. The Labute approximate surface area is 177 Å². The van der Waals surface area contributed by atoms with Gasteiger partial charge in [0.1, 0.15) is 11.6 Å². The number of nitrogens with one attached hydrogen (secondary N) is 2. The number of aromatic amines is 1. The number of halogens is 3. The van der Waals surface area contributed by atoms with Crippen LogP contribution in [0, 0.1) is 11.6 Å². The lowest BCUT2D eigenvalue weighted by Crippen LogP contribution is -2.25. The summed E-state index contributed by atoms with van der Waals surface area (Å²) in [7, 11) is 0. The smallest absolute Gasteiger partial charge is 0.251 e. The summed E-state index contributed by atoms with van der Waals surface area (Å²) in [4.78, 5) is 15.3. The highest BCUT2D eigenvalue weighted by atomic mass is 35.5. The van der Waals surface area contributed by atoms with Gasteiger partial charge in [0, 0.05) is 28.7 Å². The van der Waals surface area contributed by atoms with Crippen LogP contribution in [0.4, 0.5) is 8.78 Å². The fraction of sp³-hybridized carbons (Fsp3) is 0.125. The van der Waals surface area contributed by atoms with Crippen LogP contribution in [-0.4, -0.2) is 17.4 Å². The van der Waals surface area contributed by atoms with Crippen LogP contribution in [0.3, 0.4) is 0 Å². The lowest BCUT2D eigenvalue weighted by atomic mass is 10.0. The molecule has 0 aliphatic rings. The van der Waals surface area contributed by atoms with Crippen LogP contribution in [0.15, 0.2) is 66.9 Å². The number of benzene rings is 3. The maximum Gasteiger partial charge on any atom is 0.251 e. The molecule has 3 aromatic carbocycles. The van der Waals surface area contributed by atoms with Crippen molar-refractivity contribution in [3.05, 3.63) is 106 Å². The predicted molar refractivity (Wildman–Crippen MR) is 115 cm³/mol. The molecule has 0 unspecified atom stereocenters. The van der Waals surface area contributed by atoms with Crippen LogP contribution < -0.4 is 5.32 Å². The fourth-order valence-electron chi connectivity index (χ4n) is 3.49. The van der Waals surface area contributed by atoms with Gasteiger partial charge in [-0.25, -0.2) is 8.78 Å². The van der Waals surface area contributed by atoms with Crippen LogP contribution in [0.25, 0.3) is 10.9 Å². The van der Waals surface area contributed by atoms with E-state index in [-0.39, 0.29) is 11.7 Å². The Morgan fingerprint density at radius 2 is 1.80 bits per heavy atom. The van der Waals surface area contributed by atoms with Gasteiger partial charge in [-0.05, 0) is 65.9 Å². The molecule has 1 aromatic heterocycles. The molecule has 0 bridgehead atoms. The highest BCUT2D eigenvalue weighted by Gasteiger charge is 2.11. The zero-order valence-corrected chi connectivity index (χ0v) is 16.8. The van der Waals surface area contributed by atoms with Crippen molar-refractivity contribution in [2.45, 2.75) is 12.8 Å². The second kappa shape index (κ2) is 8.67. The fourth-order valence-corrected chi connectivity index (χ4v) is 3.69. The van der Waals surface area contributed by atoms with E-state index < -0.39 is 5.82 Å². The molecule has 0 atom stereocenters. The van der Waals surface area contributed by atoms with E-state index in [1.807, 2.05) is 18.2 Å². The molecule has 152 valence electrons. The Morgan fingerprint density at radius 3 is 2.57 bits per heavy atom. The van der Waals surface area contributed by atoms with E-state index in [1.54, 1.807) is 30.5 Å². The Hall–Kier alpha value is -3.18. The van der Waals surface area contributed by atoms with Crippen LogP contribution in [0.2, 0.25) is 5.02 Å². The van der Waals surface area contributed by atoms with Crippen molar-refractivity contribution in [2.24, 2.45) is 0 Å². The summed E-state index contributed by atoms with van der Waals surface area (Å²) in [5.41, 5.74) is 3.72. The second-order valence-corrected chi connectivity index (χ2v) is 7.57. The quantitative estimate of drug-likeness (QED) is 0.412. The van der Waals surface area contributed by atoms with Crippen LogP contribution in [0.5, 0.6) is 0 Å². The number of H-pyrrole nitrogens is 1. The van der Waals surface area contributed by atoms with Gasteiger partial charge < -0.3 is 10.3 Å². The minimum absolute atomic E-state index is 0.184. The van der Waals surface area contributed by atoms with Crippen molar-refractivity contribution >= 4 is 28.4 Å². The lowest BCUT2D eigenvalue weighted by Gasteiger charge is -2.07. The topological polar surface area (TPSA) is 44.9 Å². The predicted octanol–water partition coefficient (Wildman–Crippen LogP) is 5.66. The summed E-state index contributed by atoms with van der Waals surface area (Å²) in [5, 5.41) is 3.93. The normalized spacial score (nSPS) is 11.0. The summed E-state index contributed by atoms with van der Waals surface area (Å²) in [5.74, 6) is -0.841. The zero-order valence-electron chi connectivity index (χ0n) is 16.0. The third-order valence-corrected chi connectivity index (χ3v) is 5.20. The molecule has 3 nitrogen and oxygen atoms in total. The highest BCUT2D eigenvalue weighted by molar-refractivity contribution is 6.31. The standard InChI is InChI=1S/C24H19ClF2N2O/c25-19-12-21-18(14-29-23(21)22(27)13-19)8-9-28-24(30)17-6-4-15(5-7-17)10-16-2-1-3-20(26)11-16/h1-7,11-14,29H,8-10H2,(H,28,30). The third kappa shape index (κ3) is 4.52. The number of rotatable bonds is 6. The molecule has 30 heavy (non-hydrogen) atoms. The van der Waals surface area contributed by atoms with Gasteiger partial charge >= 0.3 is 0 Å². The SMILES string of the molecule is O=C(NCCc1c[nH]c2c(F)cc(Cl)cc12)c1ccc(Cc2cccc(F)c2)cc1. The van der Waals surface area contributed by atoms with E-state index in [4.69, 9.17) is 11.6 Å². The van der Waals surface area contributed by atoms with Crippen molar-refractivity contribution in [3.8, 4) is 0 Å². The van der Waals surface area contributed by atoms with Gasteiger partial charge in [0.05, 0.1) is 5.52 Å². The summed E-state index contributed by atoms with van der Waals surface area (Å²) >= 11 is 5.95. The molecule has 4 aromatic rings. The Balaban J connectivity index is 1.35. The van der Waals surface area contributed by atoms with Crippen LogP contribution >= 0.6 is 11.6 Å². The number of hydrogen-bond donors (Lipinski definition) is 2. The summed E-state index contributed by atoms with van der Waals surface area (Å²) in [6.07, 6.45) is 2.87. The maximum atomic E-state index is 13.9. The van der Waals surface area contributed by atoms with E-state index in [9.17, 15) is 13.6 Å². The minimum Gasteiger partial charge on any atom is -0.359 e. The van der Waals surface area contributed by atoms with Gasteiger partial charge in [0.15, 0.2) is 0 Å². The molecule has 0 saturated heterocycles. The van der Waals surface area contributed by atoms with Crippen molar-refractivity contribution in [1.29, 1.82) is 0 Å². The van der Waals surface area contributed by atoms with E-state index in [0.717, 1.165) is 22.1 Å². The lowest BCUT2D eigenvalue weighted by molar-refractivity contribution is 0.0954. The second-order valence-electron chi connectivity index (χ2n) is 7.13. The average molecular weight is 425 g/mol. The molecule has 0 spiro atoms. The molecule has 2 N–H and O–H groups in total. The molecular formula is C24H19ClF2N2O. The Kier molecular flexibility index (Phi) is 5.81. The molecule has 0 saturated carbocycles. The minimum atomic E-state index is -0.397. The van der Waals surface area contributed by atoms with Crippen LogP contribution in [-0.2, 0) is 12.8 Å². The first-order valence-corrected chi connectivity index (χ1v) is 9.94.